The van der Waals surface area contributed by atoms with Gasteiger partial charge in [0, 0.05) is 6.08 Å². The monoisotopic (exact) mass is 202 g/mol. The van der Waals surface area contributed by atoms with Crippen molar-refractivity contribution in [3.8, 4) is 0 Å². The van der Waals surface area contributed by atoms with Gasteiger partial charge in [-0.15, -0.1) is 0 Å². The molecule has 14 heavy (non-hydrogen) atoms. The minimum atomic E-state index is -1.84. The predicted octanol–water partition coefficient (Wildman–Crippen LogP) is -0.874. The van der Waals surface area contributed by atoms with Crippen molar-refractivity contribution in [3.63, 3.8) is 0 Å². The van der Waals surface area contributed by atoms with Crippen LogP contribution in [0.5, 0.6) is 0 Å². The molecule has 7 heteroatoms. The summed E-state index contributed by atoms with van der Waals surface area (Å²) in [5, 5.41) is 24.7. The largest absolute Gasteiger partial charge is 0.481 e. The van der Waals surface area contributed by atoms with E-state index in [4.69, 9.17) is 15.3 Å². The predicted molar refractivity (Wildman–Crippen MR) is 40.6 cm³/mol. The zero-order valence-electron chi connectivity index (χ0n) is 6.76. The summed E-state index contributed by atoms with van der Waals surface area (Å²) in [4.78, 5) is 40.9. The average Bonchev–Trinajstić information content (AvgIpc) is 2.01. The van der Waals surface area contributed by atoms with Gasteiger partial charge < -0.3 is 15.3 Å². The minimum absolute atomic E-state index is 0.277. The Kier molecular flexibility index (Phi) is 4.01. The number of ketones is 1. The van der Waals surface area contributed by atoms with Crippen molar-refractivity contribution in [3.05, 3.63) is 11.6 Å². The highest BCUT2D eigenvalue weighted by molar-refractivity contribution is 6.38. The highest BCUT2D eigenvalue weighted by Crippen LogP contribution is 2.01. The summed E-state index contributed by atoms with van der Waals surface area (Å²) in [6.07, 6.45) is -0.632. The third-order valence-corrected chi connectivity index (χ3v) is 1.13. The highest BCUT2D eigenvalue weighted by atomic mass is 16.4. The Bertz CT molecular complexity index is 325. The van der Waals surface area contributed by atoms with Gasteiger partial charge >= 0.3 is 17.9 Å². The molecule has 0 saturated carbocycles. The van der Waals surface area contributed by atoms with Gasteiger partial charge in [0.2, 0.25) is 0 Å². The first-order chi connectivity index (χ1) is 6.34. The van der Waals surface area contributed by atoms with Crippen molar-refractivity contribution < 1.29 is 34.5 Å². The number of carboxylic acid groups (broad SMARTS) is 3. The average molecular weight is 202 g/mol. The van der Waals surface area contributed by atoms with Crippen molar-refractivity contribution in [1.82, 2.24) is 0 Å². The molecule has 0 bridgehead atoms. The van der Waals surface area contributed by atoms with Gasteiger partial charge in [0.05, 0.1) is 12.0 Å². The normalized spacial score (nSPS) is 10.7. The van der Waals surface area contributed by atoms with Crippen LogP contribution in [0.4, 0.5) is 0 Å². The molecule has 3 N–H and O–H groups in total. The van der Waals surface area contributed by atoms with Crippen LogP contribution in [0.15, 0.2) is 11.6 Å². The van der Waals surface area contributed by atoms with Crippen LogP contribution in [0.2, 0.25) is 0 Å². The molecule has 7 nitrogen and oxygen atoms in total. The number of carboxylic acids is 3. The van der Waals surface area contributed by atoms with E-state index in [2.05, 4.69) is 0 Å². The molecule has 0 aliphatic heterocycles. The van der Waals surface area contributed by atoms with Crippen LogP contribution < -0.4 is 0 Å². The van der Waals surface area contributed by atoms with Crippen molar-refractivity contribution >= 4 is 23.7 Å². The standard InChI is InChI=1S/C7H6O7/c8-4(7(13)14)1-3(6(11)12)2-5(9)10/h1H,2H2,(H,9,10)(H,11,12)(H,13,14). The van der Waals surface area contributed by atoms with E-state index in [0.29, 0.717) is 0 Å². The summed E-state index contributed by atoms with van der Waals surface area (Å²) >= 11 is 0. The second-order valence-corrected chi connectivity index (χ2v) is 2.21. The molecule has 0 amide bonds. The zero-order chi connectivity index (χ0) is 11.3. The summed E-state index contributed by atoms with van der Waals surface area (Å²) in [7, 11) is 0. The van der Waals surface area contributed by atoms with E-state index < -0.39 is 35.7 Å². The van der Waals surface area contributed by atoms with Gasteiger partial charge in [0.15, 0.2) is 0 Å². The lowest BCUT2D eigenvalue weighted by molar-refractivity contribution is -0.147. The second kappa shape index (κ2) is 4.75. The molecule has 0 rings (SSSR count). The molecule has 0 heterocycles. The van der Waals surface area contributed by atoms with Gasteiger partial charge in [-0.05, 0) is 0 Å². The van der Waals surface area contributed by atoms with Crippen LogP contribution in [0.25, 0.3) is 0 Å². The van der Waals surface area contributed by atoms with Crippen LogP contribution in [0.1, 0.15) is 6.42 Å². The Morgan fingerprint density at radius 2 is 1.43 bits per heavy atom. The third-order valence-electron chi connectivity index (χ3n) is 1.13. The maximum Gasteiger partial charge on any atom is 0.376 e. The molecule has 0 aromatic carbocycles. The van der Waals surface area contributed by atoms with E-state index >= 15 is 0 Å². The molecule has 0 saturated heterocycles. The van der Waals surface area contributed by atoms with Crippen LogP contribution in [0, 0.1) is 0 Å². The van der Waals surface area contributed by atoms with E-state index in [9.17, 15) is 19.2 Å². The summed E-state index contributed by atoms with van der Waals surface area (Å²) in [6, 6.07) is 0. The third kappa shape index (κ3) is 4.00. The van der Waals surface area contributed by atoms with E-state index in [1.165, 1.54) is 0 Å². The van der Waals surface area contributed by atoms with Gasteiger partial charge in [-0.3, -0.25) is 9.59 Å². The second-order valence-electron chi connectivity index (χ2n) is 2.21. The minimum Gasteiger partial charge on any atom is -0.481 e. The van der Waals surface area contributed by atoms with E-state index in [1.54, 1.807) is 0 Å². The molecule has 0 radical (unpaired) electrons. The summed E-state index contributed by atoms with van der Waals surface area (Å²) in [5.41, 5.74) is -0.773. The van der Waals surface area contributed by atoms with Crippen molar-refractivity contribution in [2.75, 3.05) is 0 Å². The fourth-order valence-electron chi connectivity index (χ4n) is 0.571. The van der Waals surface area contributed by atoms with Gasteiger partial charge in [-0.2, -0.15) is 0 Å². The molecule has 0 fully saturated rings. The fourth-order valence-corrected chi connectivity index (χ4v) is 0.571. The topological polar surface area (TPSA) is 129 Å². The first kappa shape index (κ1) is 11.8. The van der Waals surface area contributed by atoms with Gasteiger partial charge in [-0.1, -0.05) is 0 Å². The summed E-state index contributed by atoms with van der Waals surface area (Å²) in [5.74, 6) is -6.41. The molecule has 0 aliphatic rings. The summed E-state index contributed by atoms with van der Waals surface area (Å²) in [6.45, 7) is 0. The van der Waals surface area contributed by atoms with E-state index in [-0.39, 0.29) is 6.08 Å². The molecule has 0 aromatic rings. The summed E-state index contributed by atoms with van der Waals surface area (Å²) < 4.78 is 0. The first-order valence-corrected chi connectivity index (χ1v) is 3.27. The number of carbonyl (C=O) groups excluding carboxylic acids is 1. The number of hydrogen-bond donors (Lipinski definition) is 3. The SMILES string of the molecule is O=C(O)CC(=CC(=O)C(=O)O)C(=O)O. The lowest BCUT2D eigenvalue weighted by Crippen LogP contribution is -2.14. The molecule has 0 spiro atoms. The molecule has 76 valence electrons. The Labute approximate surface area is 77.3 Å². The van der Waals surface area contributed by atoms with E-state index in [0.717, 1.165) is 0 Å². The van der Waals surface area contributed by atoms with Crippen LogP contribution in [0.3, 0.4) is 0 Å². The quantitative estimate of drug-likeness (QED) is 0.390. The molecule has 0 unspecified atom stereocenters. The van der Waals surface area contributed by atoms with Crippen molar-refractivity contribution in [1.29, 1.82) is 0 Å². The van der Waals surface area contributed by atoms with Gasteiger partial charge in [0.1, 0.15) is 0 Å². The van der Waals surface area contributed by atoms with Crippen molar-refractivity contribution in [2.45, 2.75) is 6.42 Å². The van der Waals surface area contributed by atoms with Gasteiger partial charge in [0.25, 0.3) is 5.78 Å². The molecule has 0 aromatic heterocycles. The number of aliphatic carboxylic acids is 3. The molecule has 0 atom stereocenters. The molecular weight excluding hydrogens is 196 g/mol. The molecular formula is C7H6O7. The number of rotatable bonds is 5. The zero-order valence-corrected chi connectivity index (χ0v) is 6.76. The molecule has 0 aliphatic carbocycles. The smallest absolute Gasteiger partial charge is 0.376 e. The van der Waals surface area contributed by atoms with E-state index in [1.807, 2.05) is 0 Å². The lowest BCUT2D eigenvalue weighted by Gasteiger charge is -1.95. The maximum absolute atomic E-state index is 10.5. The maximum atomic E-state index is 10.5. The van der Waals surface area contributed by atoms with Gasteiger partial charge in [-0.25, -0.2) is 9.59 Å². The Morgan fingerprint density at radius 3 is 1.71 bits per heavy atom. The van der Waals surface area contributed by atoms with Crippen molar-refractivity contribution in [2.24, 2.45) is 0 Å². The fraction of sp³-hybridized carbons (Fsp3) is 0.143. The van der Waals surface area contributed by atoms with Crippen LogP contribution in [-0.2, 0) is 19.2 Å². The Morgan fingerprint density at radius 1 is 0.929 bits per heavy atom. The number of hydrogen-bond acceptors (Lipinski definition) is 4. The lowest BCUT2D eigenvalue weighted by atomic mass is 10.1. The van der Waals surface area contributed by atoms with Crippen LogP contribution >= 0.6 is 0 Å². The highest BCUT2D eigenvalue weighted by Gasteiger charge is 2.16. The first-order valence-electron chi connectivity index (χ1n) is 3.27. The Hall–Kier alpha value is -2.18. The number of carbonyl (C=O) groups is 4. The Balaban J connectivity index is 4.82. The van der Waals surface area contributed by atoms with Crippen LogP contribution in [-0.4, -0.2) is 39.0 Å².